The number of unbranched alkanes of at least 4 members (excludes halogenated alkanes) is 1. The summed E-state index contributed by atoms with van der Waals surface area (Å²) in [6, 6.07) is 8.09. The van der Waals surface area contributed by atoms with Gasteiger partial charge in [-0.25, -0.2) is 0 Å². The highest BCUT2D eigenvalue weighted by molar-refractivity contribution is 5.66. The highest BCUT2D eigenvalue weighted by Gasteiger charge is 2.08. The van der Waals surface area contributed by atoms with Crippen molar-refractivity contribution in [3.05, 3.63) is 47.2 Å². The predicted octanol–water partition coefficient (Wildman–Crippen LogP) is 2.77. The Bertz CT molecular complexity index is 578. The van der Waals surface area contributed by atoms with Gasteiger partial charge in [0, 0.05) is 12.8 Å². The highest BCUT2D eigenvalue weighted by Crippen LogP contribution is 2.13. The van der Waals surface area contributed by atoms with Crippen molar-refractivity contribution in [1.29, 1.82) is 0 Å². The number of hydrogen-bond acceptors (Lipinski definition) is 4. The van der Waals surface area contributed by atoms with Crippen LogP contribution < -0.4 is 0 Å². The molecular weight excluding hydrogens is 256 g/mol. The maximum atomic E-state index is 10.4. The lowest BCUT2D eigenvalue weighted by atomic mass is 10.1. The second-order valence-corrected chi connectivity index (χ2v) is 4.79. The minimum Gasteiger partial charge on any atom is -0.481 e. The second kappa shape index (κ2) is 6.84. The maximum absolute atomic E-state index is 10.4. The molecule has 2 rings (SSSR count). The number of aliphatic carboxylic acids is 1. The topological polar surface area (TPSA) is 76.2 Å². The van der Waals surface area contributed by atoms with Gasteiger partial charge >= 0.3 is 5.97 Å². The third-order valence-corrected chi connectivity index (χ3v) is 3.14. The molecule has 0 aliphatic heterocycles. The minimum atomic E-state index is -0.768. The number of rotatable bonds is 7. The van der Waals surface area contributed by atoms with E-state index in [0.29, 0.717) is 31.0 Å². The predicted molar refractivity (Wildman–Crippen MR) is 73.5 cm³/mol. The largest absolute Gasteiger partial charge is 0.481 e. The molecule has 5 nitrogen and oxygen atoms in total. The van der Waals surface area contributed by atoms with Crippen molar-refractivity contribution in [2.75, 3.05) is 0 Å². The highest BCUT2D eigenvalue weighted by atomic mass is 16.4. The van der Waals surface area contributed by atoms with Crippen molar-refractivity contribution in [2.24, 2.45) is 0 Å². The van der Waals surface area contributed by atoms with Crippen LogP contribution in [0.1, 0.15) is 42.2 Å². The van der Waals surface area contributed by atoms with Crippen LogP contribution in [0.25, 0.3) is 0 Å². The summed E-state index contributed by atoms with van der Waals surface area (Å²) < 4.78 is 5.58. The fourth-order valence-corrected chi connectivity index (χ4v) is 1.98. The normalized spacial score (nSPS) is 10.7. The zero-order valence-electron chi connectivity index (χ0n) is 11.5. The van der Waals surface area contributed by atoms with Crippen LogP contribution in [0.15, 0.2) is 28.7 Å². The number of aryl methyl sites for hydroxylation is 2. The van der Waals surface area contributed by atoms with E-state index in [1.807, 2.05) is 18.2 Å². The lowest BCUT2D eigenvalue weighted by Crippen LogP contribution is -1.95. The standard InChI is InChI=1S/C15H18N2O3/c1-11-6-2-3-7-12(11)10-14-17-16-13(20-14)8-4-5-9-15(18)19/h2-3,6-7H,4-5,8-10H2,1H3,(H,18,19). The molecule has 1 heterocycles. The molecule has 2 aromatic rings. The Labute approximate surface area is 117 Å². The SMILES string of the molecule is Cc1ccccc1Cc1nnc(CCCCC(=O)O)o1. The summed E-state index contributed by atoms with van der Waals surface area (Å²) in [6.45, 7) is 2.05. The van der Waals surface area contributed by atoms with E-state index in [1.165, 1.54) is 11.1 Å². The van der Waals surface area contributed by atoms with E-state index in [-0.39, 0.29) is 6.42 Å². The summed E-state index contributed by atoms with van der Waals surface area (Å²) in [5.74, 6) is 0.419. The van der Waals surface area contributed by atoms with Crippen molar-refractivity contribution in [2.45, 2.75) is 39.0 Å². The molecule has 0 bridgehead atoms. The molecule has 0 atom stereocenters. The number of nitrogens with zero attached hydrogens (tertiary/aromatic N) is 2. The Morgan fingerprint density at radius 3 is 2.70 bits per heavy atom. The average molecular weight is 274 g/mol. The number of benzene rings is 1. The van der Waals surface area contributed by atoms with E-state index >= 15 is 0 Å². The molecule has 0 aliphatic rings. The number of carboxylic acids is 1. The molecule has 0 unspecified atom stereocenters. The zero-order valence-corrected chi connectivity index (χ0v) is 11.5. The molecule has 0 saturated carbocycles. The van der Waals surface area contributed by atoms with Crippen LogP contribution in [-0.2, 0) is 17.6 Å². The van der Waals surface area contributed by atoms with Crippen LogP contribution in [0.5, 0.6) is 0 Å². The molecule has 1 aromatic heterocycles. The first kappa shape index (κ1) is 14.2. The monoisotopic (exact) mass is 274 g/mol. The molecule has 0 aliphatic carbocycles. The van der Waals surface area contributed by atoms with Gasteiger partial charge in [-0.1, -0.05) is 24.3 Å². The van der Waals surface area contributed by atoms with E-state index in [4.69, 9.17) is 9.52 Å². The summed E-state index contributed by atoms with van der Waals surface area (Å²) in [6.07, 6.45) is 2.83. The van der Waals surface area contributed by atoms with Gasteiger partial charge in [0.2, 0.25) is 11.8 Å². The minimum absolute atomic E-state index is 0.185. The van der Waals surface area contributed by atoms with Crippen LogP contribution in [0.4, 0.5) is 0 Å². The van der Waals surface area contributed by atoms with Gasteiger partial charge in [0.15, 0.2) is 0 Å². The van der Waals surface area contributed by atoms with E-state index in [1.54, 1.807) is 0 Å². The number of carboxylic acid groups (broad SMARTS) is 1. The molecule has 0 saturated heterocycles. The van der Waals surface area contributed by atoms with Gasteiger partial charge in [0.1, 0.15) is 0 Å². The first-order chi connectivity index (χ1) is 9.65. The molecule has 0 spiro atoms. The van der Waals surface area contributed by atoms with E-state index in [2.05, 4.69) is 23.2 Å². The lowest BCUT2D eigenvalue weighted by molar-refractivity contribution is -0.137. The van der Waals surface area contributed by atoms with E-state index < -0.39 is 5.97 Å². The summed E-state index contributed by atoms with van der Waals surface area (Å²) in [4.78, 5) is 10.4. The average Bonchev–Trinajstić information content (AvgIpc) is 2.85. The third kappa shape index (κ3) is 4.19. The van der Waals surface area contributed by atoms with E-state index in [0.717, 1.165) is 6.42 Å². The van der Waals surface area contributed by atoms with Gasteiger partial charge in [-0.05, 0) is 30.9 Å². The molecular formula is C15H18N2O3. The summed E-state index contributed by atoms with van der Waals surface area (Å²) in [7, 11) is 0. The molecule has 106 valence electrons. The first-order valence-electron chi connectivity index (χ1n) is 6.72. The van der Waals surface area contributed by atoms with Gasteiger partial charge < -0.3 is 9.52 Å². The smallest absolute Gasteiger partial charge is 0.303 e. The van der Waals surface area contributed by atoms with Crippen LogP contribution >= 0.6 is 0 Å². The molecule has 0 amide bonds. The van der Waals surface area contributed by atoms with Crippen molar-refractivity contribution in [3.8, 4) is 0 Å². The van der Waals surface area contributed by atoms with Gasteiger partial charge in [-0.2, -0.15) is 0 Å². The summed E-state index contributed by atoms with van der Waals surface area (Å²) in [5.41, 5.74) is 2.38. The van der Waals surface area contributed by atoms with Crippen LogP contribution in [-0.4, -0.2) is 21.3 Å². The van der Waals surface area contributed by atoms with Gasteiger partial charge in [-0.15, -0.1) is 10.2 Å². The summed E-state index contributed by atoms with van der Waals surface area (Å²) in [5, 5.41) is 16.6. The Hall–Kier alpha value is -2.17. The Balaban J connectivity index is 1.86. The Kier molecular flexibility index (Phi) is 4.87. The van der Waals surface area contributed by atoms with Gasteiger partial charge in [0.05, 0.1) is 6.42 Å². The number of carbonyl (C=O) groups is 1. The van der Waals surface area contributed by atoms with Crippen LogP contribution in [0, 0.1) is 6.92 Å². The second-order valence-electron chi connectivity index (χ2n) is 4.79. The maximum Gasteiger partial charge on any atom is 0.303 e. The Morgan fingerprint density at radius 2 is 1.95 bits per heavy atom. The summed E-state index contributed by atoms with van der Waals surface area (Å²) >= 11 is 0. The van der Waals surface area contributed by atoms with Crippen molar-refractivity contribution >= 4 is 5.97 Å². The molecule has 0 fully saturated rings. The van der Waals surface area contributed by atoms with Gasteiger partial charge in [-0.3, -0.25) is 4.79 Å². The first-order valence-corrected chi connectivity index (χ1v) is 6.72. The molecule has 1 N–H and O–H groups in total. The van der Waals surface area contributed by atoms with Gasteiger partial charge in [0.25, 0.3) is 0 Å². The van der Waals surface area contributed by atoms with Crippen molar-refractivity contribution in [1.82, 2.24) is 10.2 Å². The van der Waals surface area contributed by atoms with Crippen molar-refractivity contribution in [3.63, 3.8) is 0 Å². The van der Waals surface area contributed by atoms with Crippen LogP contribution in [0.2, 0.25) is 0 Å². The fraction of sp³-hybridized carbons (Fsp3) is 0.400. The number of hydrogen-bond donors (Lipinski definition) is 1. The molecule has 20 heavy (non-hydrogen) atoms. The van der Waals surface area contributed by atoms with E-state index in [9.17, 15) is 4.79 Å². The van der Waals surface area contributed by atoms with Crippen LogP contribution in [0.3, 0.4) is 0 Å². The molecule has 0 radical (unpaired) electrons. The Morgan fingerprint density at radius 1 is 1.20 bits per heavy atom. The molecule has 5 heteroatoms. The quantitative estimate of drug-likeness (QED) is 0.786. The fourth-order valence-electron chi connectivity index (χ4n) is 1.98. The van der Waals surface area contributed by atoms with Crippen molar-refractivity contribution < 1.29 is 14.3 Å². The molecule has 1 aromatic carbocycles. The third-order valence-electron chi connectivity index (χ3n) is 3.14. The number of aromatic nitrogens is 2. The lowest BCUT2D eigenvalue weighted by Gasteiger charge is -2.01. The zero-order chi connectivity index (χ0) is 14.4.